The molecule has 0 spiro atoms. The van der Waals surface area contributed by atoms with Crippen LogP contribution in [0, 0.1) is 6.92 Å². The van der Waals surface area contributed by atoms with E-state index in [0.29, 0.717) is 17.4 Å². The van der Waals surface area contributed by atoms with E-state index in [0.717, 1.165) is 18.5 Å². The number of nitrogens with two attached hydrogens (primary N) is 1. The van der Waals surface area contributed by atoms with E-state index < -0.39 is 5.54 Å². The highest BCUT2D eigenvalue weighted by Crippen LogP contribution is 2.33. The molecule has 1 amide bonds. The van der Waals surface area contributed by atoms with Gasteiger partial charge in [-0.1, -0.05) is 0 Å². The number of rotatable bonds is 4. The standard InChI is InChI=1S/C15H16N4O2.ClH/c1-10-6-9-17-14(18-10)21-12-4-2-11(3-5-12)19-13(20)15(16)7-8-15;/h2-6,9H,7-8,16H2,1H3,(H,19,20);1H. The van der Waals surface area contributed by atoms with Crippen LogP contribution in [0.25, 0.3) is 0 Å². The van der Waals surface area contributed by atoms with Crippen LogP contribution >= 0.6 is 12.4 Å². The number of aromatic nitrogens is 2. The Morgan fingerprint density at radius 1 is 1.27 bits per heavy atom. The summed E-state index contributed by atoms with van der Waals surface area (Å²) < 4.78 is 5.54. The highest BCUT2D eigenvalue weighted by atomic mass is 35.5. The van der Waals surface area contributed by atoms with Gasteiger partial charge in [-0.3, -0.25) is 4.79 Å². The van der Waals surface area contributed by atoms with E-state index in [-0.39, 0.29) is 18.3 Å². The maximum Gasteiger partial charge on any atom is 0.322 e. The van der Waals surface area contributed by atoms with Crippen LogP contribution in [-0.2, 0) is 4.79 Å². The summed E-state index contributed by atoms with van der Waals surface area (Å²) >= 11 is 0. The summed E-state index contributed by atoms with van der Waals surface area (Å²) in [7, 11) is 0. The van der Waals surface area contributed by atoms with Gasteiger partial charge < -0.3 is 15.8 Å². The number of aryl methyl sites for hydroxylation is 1. The van der Waals surface area contributed by atoms with Crippen molar-refractivity contribution in [3.63, 3.8) is 0 Å². The molecule has 0 bridgehead atoms. The van der Waals surface area contributed by atoms with Crippen molar-refractivity contribution >= 4 is 24.0 Å². The molecule has 0 radical (unpaired) electrons. The molecule has 0 saturated heterocycles. The predicted octanol–water partition coefficient (Wildman–Crippen LogP) is 2.43. The fourth-order valence-corrected chi connectivity index (χ4v) is 1.80. The second-order valence-electron chi connectivity index (χ2n) is 5.22. The Morgan fingerprint density at radius 3 is 2.55 bits per heavy atom. The lowest BCUT2D eigenvalue weighted by molar-refractivity contribution is -0.118. The number of anilines is 1. The Labute approximate surface area is 134 Å². The molecular formula is C15H17ClN4O2. The number of hydrogen-bond donors (Lipinski definition) is 2. The van der Waals surface area contributed by atoms with Gasteiger partial charge in [0.25, 0.3) is 0 Å². The first-order chi connectivity index (χ1) is 10.0. The molecule has 1 aromatic carbocycles. The minimum atomic E-state index is -0.676. The molecule has 1 fully saturated rings. The van der Waals surface area contributed by atoms with Crippen molar-refractivity contribution in [2.45, 2.75) is 25.3 Å². The van der Waals surface area contributed by atoms with Crippen LogP contribution in [0.5, 0.6) is 11.8 Å². The van der Waals surface area contributed by atoms with Crippen molar-refractivity contribution in [3.05, 3.63) is 42.2 Å². The first-order valence-corrected chi connectivity index (χ1v) is 6.73. The van der Waals surface area contributed by atoms with Crippen molar-refractivity contribution in [1.29, 1.82) is 0 Å². The third-order valence-electron chi connectivity index (χ3n) is 3.33. The summed E-state index contributed by atoms with van der Waals surface area (Å²) in [5, 5.41) is 2.79. The average Bonchev–Trinajstić information content (AvgIpc) is 3.20. The van der Waals surface area contributed by atoms with E-state index in [4.69, 9.17) is 10.5 Å². The highest BCUT2D eigenvalue weighted by Gasteiger charge is 2.45. The van der Waals surface area contributed by atoms with Crippen molar-refractivity contribution in [2.24, 2.45) is 5.73 Å². The first-order valence-electron chi connectivity index (χ1n) is 6.73. The zero-order valence-electron chi connectivity index (χ0n) is 12.1. The molecule has 1 heterocycles. The lowest BCUT2D eigenvalue weighted by atomic mass is 10.2. The van der Waals surface area contributed by atoms with Crippen LogP contribution in [0.1, 0.15) is 18.5 Å². The zero-order valence-corrected chi connectivity index (χ0v) is 12.9. The number of hydrogen-bond acceptors (Lipinski definition) is 5. The van der Waals surface area contributed by atoms with Crippen LogP contribution in [-0.4, -0.2) is 21.4 Å². The Hall–Kier alpha value is -2.18. The fraction of sp³-hybridized carbons (Fsp3) is 0.267. The van der Waals surface area contributed by atoms with Gasteiger partial charge in [-0.15, -0.1) is 12.4 Å². The fourth-order valence-electron chi connectivity index (χ4n) is 1.80. The molecule has 1 aliphatic carbocycles. The Morgan fingerprint density at radius 2 is 1.95 bits per heavy atom. The third kappa shape index (κ3) is 3.72. The largest absolute Gasteiger partial charge is 0.424 e. The van der Waals surface area contributed by atoms with Gasteiger partial charge in [-0.05, 0) is 50.1 Å². The Balaban J connectivity index is 0.00000176. The lowest BCUT2D eigenvalue weighted by Gasteiger charge is -2.10. The van der Waals surface area contributed by atoms with E-state index in [1.807, 2.05) is 6.92 Å². The normalized spacial score (nSPS) is 14.6. The van der Waals surface area contributed by atoms with Crippen molar-refractivity contribution < 1.29 is 9.53 Å². The van der Waals surface area contributed by atoms with Crippen LogP contribution in [0.15, 0.2) is 36.5 Å². The van der Waals surface area contributed by atoms with Crippen molar-refractivity contribution in [3.8, 4) is 11.8 Å². The SMILES string of the molecule is Cc1ccnc(Oc2ccc(NC(=O)C3(N)CC3)cc2)n1.Cl. The molecule has 7 heteroatoms. The van der Waals surface area contributed by atoms with Gasteiger partial charge in [0.2, 0.25) is 5.91 Å². The minimum Gasteiger partial charge on any atom is -0.424 e. The van der Waals surface area contributed by atoms with Gasteiger partial charge in [0.1, 0.15) is 5.75 Å². The van der Waals surface area contributed by atoms with Crippen LogP contribution in [0.3, 0.4) is 0 Å². The molecule has 3 rings (SSSR count). The molecular weight excluding hydrogens is 304 g/mol. The second kappa shape index (κ2) is 6.29. The number of carbonyl (C=O) groups is 1. The molecule has 0 aliphatic heterocycles. The number of benzene rings is 1. The molecule has 1 aliphatic rings. The summed E-state index contributed by atoms with van der Waals surface area (Å²) in [5.41, 5.74) is 6.68. The molecule has 22 heavy (non-hydrogen) atoms. The summed E-state index contributed by atoms with van der Waals surface area (Å²) in [4.78, 5) is 20.0. The second-order valence-corrected chi connectivity index (χ2v) is 5.22. The van der Waals surface area contributed by atoms with Gasteiger partial charge in [0.15, 0.2) is 0 Å². The summed E-state index contributed by atoms with van der Waals surface area (Å²) in [5.74, 6) is 0.464. The number of amides is 1. The quantitative estimate of drug-likeness (QED) is 0.903. The molecule has 0 atom stereocenters. The van der Waals surface area contributed by atoms with Gasteiger partial charge in [-0.25, -0.2) is 9.97 Å². The van der Waals surface area contributed by atoms with E-state index in [9.17, 15) is 4.79 Å². The van der Waals surface area contributed by atoms with Crippen molar-refractivity contribution in [2.75, 3.05) is 5.32 Å². The minimum absolute atomic E-state index is 0. The van der Waals surface area contributed by atoms with Crippen LogP contribution in [0.4, 0.5) is 5.69 Å². The lowest BCUT2D eigenvalue weighted by Crippen LogP contribution is -2.37. The van der Waals surface area contributed by atoms with Crippen LogP contribution in [0.2, 0.25) is 0 Å². The van der Waals surface area contributed by atoms with E-state index in [1.165, 1.54) is 0 Å². The molecule has 1 saturated carbocycles. The molecule has 2 aromatic rings. The first kappa shape index (κ1) is 16.2. The number of nitrogens with one attached hydrogen (secondary N) is 1. The van der Waals surface area contributed by atoms with Crippen molar-refractivity contribution in [1.82, 2.24) is 9.97 Å². The molecule has 1 aromatic heterocycles. The summed E-state index contributed by atoms with van der Waals surface area (Å²) in [6.45, 7) is 1.87. The van der Waals surface area contributed by atoms with Gasteiger partial charge in [0.05, 0.1) is 5.54 Å². The molecule has 3 N–H and O–H groups in total. The Kier molecular flexibility index (Phi) is 4.63. The average molecular weight is 321 g/mol. The number of carbonyl (C=O) groups excluding carboxylic acids is 1. The van der Waals surface area contributed by atoms with E-state index in [2.05, 4.69) is 15.3 Å². The summed E-state index contributed by atoms with van der Waals surface area (Å²) in [6, 6.07) is 9.11. The monoisotopic (exact) mass is 320 g/mol. The predicted molar refractivity (Wildman–Crippen MR) is 85.3 cm³/mol. The molecule has 0 unspecified atom stereocenters. The van der Waals surface area contributed by atoms with Gasteiger partial charge in [-0.2, -0.15) is 0 Å². The summed E-state index contributed by atoms with van der Waals surface area (Å²) in [6.07, 6.45) is 3.12. The number of ether oxygens (including phenoxy) is 1. The molecule has 116 valence electrons. The Bertz CT molecular complexity index is 671. The molecule has 6 nitrogen and oxygen atoms in total. The maximum absolute atomic E-state index is 11.8. The van der Waals surface area contributed by atoms with Gasteiger partial charge >= 0.3 is 6.01 Å². The van der Waals surface area contributed by atoms with Gasteiger partial charge in [0, 0.05) is 17.6 Å². The number of nitrogens with zero attached hydrogens (tertiary/aromatic N) is 2. The zero-order chi connectivity index (χ0) is 14.9. The topological polar surface area (TPSA) is 90.1 Å². The maximum atomic E-state index is 11.8. The van der Waals surface area contributed by atoms with Crippen LogP contribution < -0.4 is 15.8 Å². The third-order valence-corrected chi connectivity index (χ3v) is 3.33. The van der Waals surface area contributed by atoms with E-state index >= 15 is 0 Å². The smallest absolute Gasteiger partial charge is 0.322 e. The number of halogens is 1. The van der Waals surface area contributed by atoms with E-state index in [1.54, 1.807) is 36.5 Å². The highest BCUT2D eigenvalue weighted by molar-refractivity contribution is 6.00.